The van der Waals surface area contributed by atoms with Crippen molar-refractivity contribution in [1.82, 2.24) is 9.80 Å². The van der Waals surface area contributed by atoms with E-state index < -0.39 is 6.10 Å². The van der Waals surface area contributed by atoms with Gasteiger partial charge >= 0.3 is 6.03 Å². The fourth-order valence-corrected chi connectivity index (χ4v) is 1.80. The molecule has 1 N–H and O–H groups in total. The number of carbonyl (C=O) groups excluding carboxylic acids is 2. The number of aliphatic hydroxyl groups excluding tert-OH is 1. The Kier molecular flexibility index (Phi) is 3.10. The summed E-state index contributed by atoms with van der Waals surface area (Å²) < 4.78 is 0. The van der Waals surface area contributed by atoms with Crippen molar-refractivity contribution >= 4 is 11.9 Å². The molecule has 5 heteroatoms. The summed E-state index contributed by atoms with van der Waals surface area (Å²) in [6.07, 6.45) is -0.837. The van der Waals surface area contributed by atoms with Gasteiger partial charge < -0.3 is 10.0 Å². The van der Waals surface area contributed by atoms with Gasteiger partial charge in [0.2, 0.25) is 5.91 Å². The minimum Gasteiger partial charge on any atom is -0.387 e. The largest absolute Gasteiger partial charge is 0.387 e. The molecule has 1 aromatic rings. The van der Waals surface area contributed by atoms with E-state index in [4.69, 9.17) is 0 Å². The zero-order valence-electron chi connectivity index (χ0n) is 9.54. The Bertz CT molecular complexity index is 433. The lowest BCUT2D eigenvalue weighted by Crippen LogP contribution is -2.35. The summed E-state index contributed by atoms with van der Waals surface area (Å²) in [6.45, 7) is 0.0896. The molecule has 90 valence electrons. The fourth-order valence-electron chi connectivity index (χ4n) is 1.80. The first kappa shape index (κ1) is 11.6. The molecule has 1 heterocycles. The lowest BCUT2D eigenvalue weighted by atomic mass is 10.1. The third-order valence-electron chi connectivity index (χ3n) is 2.77. The normalized spacial score (nSPS) is 17.8. The molecule has 0 saturated carbocycles. The zero-order valence-corrected chi connectivity index (χ0v) is 9.54. The molecule has 3 amide bonds. The number of urea groups is 1. The fraction of sp³-hybridized carbons (Fsp3) is 0.333. The van der Waals surface area contributed by atoms with Crippen LogP contribution in [-0.4, -0.2) is 47.0 Å². The number of imide groups is 1. The van der Waals surface area contributed by atoms with Gasteiger partial charge in [0, 0.05) is 7.05 Å². The van der Waals surface area contributed by atoms with Gasteiger partial charge in [-0.1, -0.05) is 30.3 Å². The summed E-state index contributed by atoms with van der Waals surface area (Å²) in [5, 5.41) is 9.94. The Labute approximate surface area is 99.3 Å². The molecule has 1 atom stereocenters. The van der Waals surface area contributed by atoms with Gasteiger partial charge in [-0.15, -0.1) is 0 Å². The Morgan fingerprint density at radius 1 is 1.29 bits per heavy atom. The number of hydrogen-bond donors (Lipinski definition) is 1. The number of hydrogen-bond acceptors (Lipinski definition) is 3. The zero-order chi connectivity index (χ0) is 12.4. The molecule has 0 unspecified atom stereocenters. The second-order valence-electron chi connectivity index (χ2n) is 4.07. The second kappa shape index (κ2) is 4.55. The highest BCUT2D eigenvalue weighted by Crippen LogP contribution is 2.17. The average molecular weight is 234 g/mol. The maximum Gasteiger partial charge on any atom is 0.327 e. The summed E-state index contributed by atoms with van der Waals surface area (Å²) in [5.74, 6) is -0.271. The quantitative estimate of drug-likeness (QED) is 0.780. The summed E-state index contributed by atoms with van der Waals surface area (Å²) in [7, 11) is 1.56. The molecule has 17 heavy (non-hydrogen) atoms. The van der Waals surface area contributed by atoms with E-state index in [1.807, 2.05) is 6.07 Å². The monoisotopic (exact) mass is 234 g/mol. The molecule has 1 aromatic carbocycles. The van der Waals surface area contributed by atoms with Crippen LogP contribution in [0, 0.1) is 0 Å². The number of nitrogens with zero attached hydrogens (tertiary/aromatic N) is 2. The SMILES string of the molecule is CN1CC(=O)N(C[C@H](O)c2ccccc2)C1=O. The minimum absolute atomic E-state index is 0.00597. The van der Waals surface area contributed by atoms with E-state index >= 15 is 0 Å². The summed E-state index contributed by atoms with van der Waals surface area (Å²) in [5.41, 5.74) is 0.697. The summed E-state index contributed by atoms with van der Waals surface area (Å²) >= 11 is 0. The molecular formula is C12H14N2O3. The highest BCUT2D eigenvalue weighted by atomic mass is 16.3. The van der Waals surface area contributed by atoms with Gasteiger partial charge in [0.05, 0.1) is 12.6 Å². The Morgan fingerprint density at radius 2 is 1.94 bits per heavy atom. The number of β-amino-alcohol motifs (C(OH)–C–C–N with tert-alkyl or cyclic N) is 1. The van der Waals surface area contributed by atoms with Gasteiger partial charge in [0.1, 0.15) is 6.54 Å². The van der Waals surface area contributed by atoms with Crippen LogP contribution in [0.5, 0.6) is 0 Å². The van der Waals surface area contributed by atoms with Gasteiger partial charge in [0.15, 0.2) is 0 Å². The maximum atomic E-state index is 11.6. The number of amides is 3. The van der Waals surface area contributed by atoms with Gasteiger partial charge in [-0.25, -0.2) is 4.79 Å². The molecule has 1 fully saturated rings. The van der Waals surface area contributed by atoms with Crippen molar-refractivity contribution in [3.05, 3.63) is 35.9 Å². The molecule has 2 rings (SSSR count). The van der Waals surface area contributed by atoms with Gasteiger partial charge in [-0.05, 0) is 5.56 Å². The number of rotatable bonds is 3. The predicted octanol–water partition coefficient (Wildman–Crippen LogP) is 0.614. The third kappa shape index (κ3) is 2.29. The van der Waals surface area contributed by atoms with E-state index in [-0.39, 0.29) is 25.0 Å². The second-order valence-corrected chi connectivity index (χ2v) is 4.07. The number of likely N-dealkylation sites (N-methyl/N-ethyl adjacent to an activating group) is 1. The van der Waals surface area contributed by atoms with Crippen LogP contribution in [0.25, 0.3) is 0 Å². The highest BCUT2D eigenvalue weighted by molar-refractivity contribution is 6.01. The van der Waals surface area contributed by atoms with Crippen LogP contribution in [0.4, 0.5) is 4.79 Å². The van der Waals surface area contributed by atoms with Crippen LogP contribution in [0.2, 0.25) is 0 Å². The van der Waals surface area contributed by atoms with Crippen molar-refractivity contribution in [2.75, 3.05) is 20.1 Å². The first-order valence-corrected chi connectivity index (χ1v) is 5.38. The van der Waals surface area contributed by atoms with Gasteiger partial charge in [0.25, 0.3) is 0 Å². The first-order chi connectivity index (χ1) is 8.09. The van der Waals surface area contributed by atoms with Crippen molar-refractivity contribution in [2.45, 2.75) is 6.10 Å². The summed E-state index contributed by atoms with van der Waals surface area (Å²) in [6, 6.07) is 8.62. The molecule has 0 bridgehead atoms. The van der Waals surface area contributed by atoms with Crippen molar-refractivity contribution in [3.63, 3.8) is 0 Å². The van der Waals surface area contributed by atoms with Crippen LogP contribution in [0.3, 0.4) is 0 Å². The molecular weight excluding hydrogens is 220 g/mol. The average Bonchev–Trinajstić information content (AvgIpc) is 2.57. The number of aliphatic hydroxyl groups is 1. The first-order valence-electron chi connectivity index (χ1n) is 5.38. The Hall–Kier alpha value is -1.88. The van der Waals surface area contributed by atoms with Gasteiger partial charge in [-0.3, -0.25) is 9.69 Å². The molecule has 1 saturated heterocycles. The van der Waals surface area contributed by atoms with E-state index in [0.29, 0.717) is 5.56 Å². The van der Waals surface area contributed by atoms with Crippen LogP contribution in [0.15, 0.2) is 30.3 Å². The lowest BCUT2D eigenvalue weighted by Gasteiger charge is -2.18. The molecule has 0 aromatic heterocycles. The molecule has 1 aliphatic rings. The topological polar surface area (TPSA) is 60.9 Å². The van der Waals surface area contributed by atoms with Crippen molar-refractivity contribution in [3.8, 4) is 0 Å². The van der Waals surface area contributed by atoms with Crippen molar-refractivity contribution in [2.24, 2.45) is 0 Å². The maximum absolute atomic E-state index is 11.6. The summed E-state index contributed by atoms with van der Waals surface area (Å²) in [4.78, 5) is 25.5. The lowest BCUT2D eigenvalue weighted by molar-refractivity contribution is -0.126. The van der Waals surface area contributed by atoms with Crippen LogP contribution in [0.1, 0.15) is 11.7 Å². The molecule has 0 spiro atoms. The molecule has 0 radical (unpaired) electrons. The highest BCUT2D eigenvalue weighted by Gasteiger charge is 2.34. The predicted molar refractivity (Wildman–Crippen MR) is 61.1 cm³/mol. The number of benzene rings is 1. The van der Waals surface area contributed by atoms with E-state index in [1.165, 1.54) is 4.90 Å². The van der Waals surface area contributed by atoms with E-state index in [1.54, 1.807) is 31.3 Å². The minimum atomic E-state index is -0.837. The Balaban J connectivity index is 2.07. The van der Waals surface area contributed by atoms with Crippen LogP contribution in [-0.2, 0) is 4.79 Å². The van der Waals surface area contributed by atoms with Crippen LogP contribution < -0.4 is 0 Å². The smallest absolute Gasteiger partial charge is 0.327 e. The van der Waals surface area contributed by atoms with Gasteiger partial charge in [-0.2, -0.15) is 0 Å². The van der Waals surface area contributed by atoms with E-state index in [2.05, 4.69) is 0 Å². The van der Waals surface area contributed by atoms with Crippen LogP contribution >= 0.6 is 0 Å². The standard InChI is InChI=1S/C12H14N2O3/c1-13-8-11(16)14(12(13)17)7-10(15)9-5-3-2-4-6-9/h2-6,10,15H,7-8H2,1H3/t10-/m0/s1. The molecule has 1 aliphatic heterocycles. The van der Waals surface area contributed by atoms with Crippen molar-refractivity contribution in [1.29, 1.82) is 0 Å². The third-order valence-corrected chi connectivity index (χ3v) is 2.77. The van der Waals surface area contributed by atoms with E-state index in [9.17, 15) is 14.7 Å². The molecule has 0 aliphatic carbocycles. The number of carbonyl (C=O) groups is 2. The Morgan fingerprint density at radius 3 is 2.47 bits per heavy atom. The molecule has 5 nitrogen and oxygen atoms in total. The van der Waals surface area contributed by atoms with Crippen molar-refractivity contribution < 1.29 is 14.7 Å². The van der Waals surface area contributed by atoms with E-state index in [0.717, 1.165) is 4.90 Å².